The van der Waals surface area contributed by atoms with Crippen LogP contribution in [0.5, 0.6) is 0 Å². The number of hydrogen-bond acceptors (Lipinski definition) is 2. The lowest BCUT2D eigenvalue weighted by molar-refractivity contribution is 0.0939. The SMILES string of the molecule is CCC(C)NC(=O)c1cc(C)cc(C#CCCO)c1. The minimum absolute atomic E-state index is 0.0557. The number of amides is 1. The number of carbonyl (C=O) groups excluding carboxylic acids is 1. The number of aryl methyl sites for hydroxylation is 1. The first-order valence-corrected chi connectivity index (χ1v) is 6.59. The molecule has 0 aromatic heterocycles. The van der Waals surface area contributed by atoms with Gasteiger partial charge in [0.1, 0.15) is 0 Å². The van der Waals surface area contributed by atoms with Gasteiger partial charge in [0.2, 0.25) is 0 Å². The van der Waals surface area contributed by atoms with Gasteiger partial charge in [0.25, 0.3) is 5.91 Å². The van der Waals surface area contributed by atoms with Crippen molar-refractivity contribution >= 4 is 5.91 Å². The van der Waals surface area contributed by atoms with E-state index in [0.29, 0.717) is 12.0 Å². The summed E-state index contributed by atoms with van der Waals surface area (Å²) in [7, 11) is 0. The van der Waals surface area contributed by atoms with Crippen LogP contribution >= 0.6 is 0 Å². The van der Waals surface area contributed by atoms with Gasteiger partial charge in [0, 0.05) is 23.6 Å². The molecule has 2 N–H and O–H groups in total. The van der Waals surface area contributed by atoms with Crippen molar-refractivity contribution < 1.29 is 9.90 Å². The van der Waals surface area contributed by atoms with E-state index >= 15 is 0 Å². The quantitative estimate of drug-likeness (QED) is 0.815. The summed E-state index contributed by atoms with van der Waals surface area (Å²) < 4.78 is 0. The van der Waals surface area contributed by atoms with Gasteiger partial charge in [-0.3, -0.25) is 4.79 Å². The van der Waals surface area contributed by atoms with Gasteiger partial charge in [-0.1, -0.05) is 18.8 Å². The van der Waals surface area contributed by atoms with Crippen LogP contribution in [0.25, 0.3) is 0 Å². The Bertz CT molecular complexity index is 497. The molecule has 1 rings (SSSR count). The first-order valence-electron chi connectivity index (χ1n) is 6.59. The molecular weight excluding hydrogens is 238 g/mol. The van der Waals surface area contributed by atoms with Gasteiger partial charge in [-0.2, -0.15) is 0 Å². The van der Waals surface area contributed by atoms with Crippen LogP contribution in [0.2, 0.25) is 0 Å². The number of rotatable bonds is 4. The molecule has 0 heterocycles. The van der Waals surface area contributed by atoms with Crippen molar-refractivity contribution in [1.82, 2.24) is 5.32 Å². The standard InChI is InChI=1S/C16H21NO2/c1-4-13(3)17-16(19)15-10-12(2)9-14(11-15)7-5-6-8-18/h9-11,13,18H,4,6,8H2,1-3H3,(H,17,19). The first-order chi connectivity index (χ1) is 9.06. The molecule has 0 aliphatic carbocycles. The summed E-state index contributed by atoms with van der Waals surface area (Å²) in [5.74, 6) is 5.76. The Balaban J connectivity index is 2.91. The lowest BCUT2D eigenvalue weighted by atomic mass is 10.1. The second-order valence-electron chi connectivity index (χ2n) is 4.65. The van der Waals surface area contributed by atoms with Crippen LogP contribution in [-0.4, -0.2) is 23.7 Å². The third kappa shape index (κ3) is 5.15. The first kappa shape index (κ1) is 15.3. The third-order valence-corrected chi connectivity index (χ3v) is 2.80. The largest absolute Gasteiger partial charge is 0.395 e. The summed E-state index contributed by atoms with van der Waals surface area (Å²) in [6.07, 6.45) is 1.35. The molecule has 3 heteroatoms. The molecule has 0 aliphatic heterocycles. The normalized spacial score (nSPS) is 11.4. The Kier molecular flexibility index (Phi) is 6.11. The smallest absolute Gasteiger partial charge is 0.251 e. The maximum atomic E-state index is 12.0. The maximum absolute atomic E-state index is 12.0. The summed E-state index contributed by atoms with van der Waals surface area (Å²) in [6, 6.07) is 5.74. The van der Waals surface area contributed by atoms with Crippen LogP contribution in [-0.2, 0) is 0 Å². The van der Waals surface area contributed by atoms with E-state index in [1.807, 2.05) is 32.9 Å². The fraction of sp³-hybridized carbons (Fsp3) is 0.438. The topological polar surface area (TPSA) is 49.3 Å². The van der Waals surface area contributed by atoms with Crippen LogP contribution in [0.15, 0.2) is 18.2 Å². The van der Waals surface area contributed by atoms with Crippen LogP contribution < -0.4 is 5.32 Å². The highest BCUT2D eigenvalue weighted by atomic mass is 16.2. The monoisotopic (exact) mass is 259 g/mol. The molecule has 19 heavy (non-hydrogen) atoms. The highest BCUT2D eigenvalue weighted by molar-refractivity contribution is 5.95. The molecule has 0 saturated carbocycles. The van der Waals surface area contributed by atoms with Crippen molar-refractivity contribution in [1.29, 1.82) is 0 Å². The molecule has 1 unspecified atom stereocenters. The molecule has 1 aromatic rings. The predicted octanol–water partition coefficient (Wildman–Crippen LogP) is 2.26. The number of aliphatic hydroxyl groups is 1. The van der Waals surface area contributed by atoms with E-state index < -0.39 is 0 Å². The van der Waals surface area contributed by atoms with Crippen LogP contribution in [0.1, 0.15) is 48.2 Å². The molecular formula is C16H21NO2. The molecule has 3 nitrogen and oxygen atoms in total. The number of benzene rings is 1. The zero-order chi connectivity index (χ0) is 14.3. The molecule has 0 saturated heterocycles. The fourth-order valence-corrected chi connectivity index (χ4v) is 1.62. The van der Waals surface area contributed by atoms with E-state index in [0.717, 1.165) is 17.5 Å². The van der Waals surface area contributed by atoms with E-state index in [1.54, 1.807) is 6.07 Å². The molecule has 1 aromatic carbocycles. The highest BCUT2D eigenvalue weighted by Crippen LogP contribution is 2.09. The van der Waals surface area contributed by atoms with Gasteiger partial charge < -0.3 is 10.4 Å². The lowest BCUT2D eigenvalue weighted by Crippen LogP contribution is -2.31. The Hall–Kier alpha value is -1.79. The van der Waals surface area contributed by atoms with E-state index in [2.05, 4.69) is 17.2 Å². The van der Waals surface area contributed by atoms with Crippen molar-refractivity contribution in [2.75, 3.05) is 6.61 Å². The second-order valence-corrected chi connectivity index (χ2v) is 4.65. The predicted molar refractivity (Wildman–Crippen MR) is 77.0 cm³/mol. The Morgan fingerprint density at radius 1 is 1.42 bits per heavy atom. The zero-order valence-electron chi connectivity index (χ0n) is 11.8. The zero-order valence-corrected chi connectivity index (χ0v) is 11.8. The Morgan fingerprint density at radius 2 is 2.16 bits per heavy atom. The van der Waals surface area contributed by atoms with E-state index in [9.17, 15) is 4.79 Å². The summed E-state index contributed by atoms with van der Waals surface area (Å²) in [6.45, 7) is 6.01. The summed E-state index contributed by atoms with van der Waals surface area (Å²) >= 11 is 0. The summed E-state index contributed by atoms with van der Waals surface area (Å²) in [4.78, 5) is 12.0. The van der Waals surface area contributed by atoms with Gasteiger partial charge in [-0.05, 0) is 44.0 Å². The number of nitrogens with one attached hydrogen (secondary N) is 1. The van der Waals surface area contributed by atoms with E-state index in [1.165, 1.54) is 0 Å². The van der Waals surface area contributed by atoms with Crippen molar-refractivity contribution in [3.63, 3.8) is 0 Å². The molecule has 1 atom stereocenters. The number of hydrogen-bond donors (Lipinski definition) is 2. The van der Waals surface area contributed by atoms with Gasteiger partial charge in [-0.25, -0.2) is 0 Å². The third-order valence-electron chi connectivity index (χ3n) is 2.80. The fourth-order valence-electron chi connectivity index (χ4n) is 1.62. The van der Waals surface area contributed by atoms with Crippen molar-refractivity contribution in [2.45, 2.75) is 39.7 Å². The van der Waals surface area contributed by atoms with Crippen LogP contribution in [0, 0.1) is 18.8 Å². The Morgan fingerprint density at radius 3 is 2.79 bits per heavy atom. The molecule has 0 fully saturated rings. The molecule has 102 valence electrons. The van der Waals surface area contributed by atoms with Gasteiger partial charge in [0.05, 0.1) is 6.61 Å². The van der Waals surface area contributed by atoms with Crippen molar-refractivity contribution in [3.8, 4) is 11.8 Å². The number of aliphatic hydroxyl groups excluding tert-OH is 1. The van der Waals surface area contributed by atoms with Crippen molar-refractivity contribution in [2.24, 2.45) is 0 Å². The minimum atomic E-state index is -0.0664. The molecule has 0 bridgehead atoms. The molecule has 0 radical (unpaired) electrons. The highest BCUT2D eigenvalue weighted by Gasteiger charge is 2.09. The van der Waals surface area contributed by atoms with Gasteiger partial charge in [-0.15, -0.1) is 0 Å². The summed E-state index contributed by atoms with van der Waals surface area (Å²) in [5, 5.41) is 11.6. The average molecular weight is 259 g/mol. The van der Waals surface area contributed by atoms with Crippen molar-refractivity contribution in [3.05, 3.63) is 34.9 Å². The lowest BCUT2D eigenvalue weighted by Gasteiger charge is -2.12. The molecule has 1 amide bonds. The second kappa shape index (κ2) is 7.60. The van der Waals surface area contributed by atoms with Gasteiger partial charge in [0.15, 0.2) is 0 Å². The Labute approximate surface area is 115 Å². The summed E-state index contributed by atoms with van der Waals surface area (Å²) in [5.41, 5.74) is 2.45. The van der Waals surface area contributed by atoms with E-state index in [4.69, 9.17) is 5.11 Å². The van der Waals surface area contributed by atoms with E-state index in [-0.39, 0.29) is 18.6 Å². The molecule has 0 aliphatic rings. The molecule has 0 spiro atoms. The van der Waals surface area contributed by atoms with Gasteiger partial charge >= 0.3 is 0 Å². The maximum Gasteiger partial charge on any atom is 0.251 e. The average Bonchev–Trinajstić information content (AvgIpc) is 2.38. The number of carbonyl (C=O) groups is 1. The van der Waals surface area contributed by atoms with Crippen LogP contribution in [0.4, 0.5) is 0 Å². The van der Waals surface area contributed by atoms with Crippen LogP contribution in [0.3, 0.4) is 0 Å². The minimum Gasteiger partial charge on any atom is -0.395 e.